The number of aromatic carboxylic acids is 1. The number of ether oxygens (including phenoxy) is 1. The van der Waals surface area contributed by atoms with Crippen LogP contribution in [0.2, 0.25) is 0 Å². The predicted molar refractivity (Wildman–Crippen MR) is 54.5 cm³/mol. The van der Waals surface area contributed by atoms with E-state index >= 15 is 0 Å². The Kier molecular flexibility index (Phi) is 2.49. The number of aromatic nitrogens is 2. The van der Waals surface area contributed by atoms with Gasteiger partial charge in [0, 0.05) is 19.4 Å². The van der Waals surface area contributed by atoms with Gasteiger partial charge in [0.2, 0.25) is 0 Å². The molecule has 0 aromatic carbocycles. The van der Waals surface area contributed by atoms with Gasteiger partial charge in [0.05, 0.1) is 5.52 Å². The number of hydrogen-bond acceptors (Lipinski definition) is 4. The van der Waals surface area contributed by atoms with Crippen molar-refractivity contribution in [1.82, 2.24) is 9.38 Å². The number of carboxylic acid groups (broad SMARTS) is 1. The van der Waals surface area contributed by atoms with Crippen LogP contribution < -0.4 is 0 Å². The second-order valence-corrected chi connectivity index (χ2v) is 3.25. The Morgan fingerprint density at radius 2 is 2.38 bits per heavy atom. The van der Waals surface area contributed by atoms with Crippen LogP contribution in [0.3, 0.4) is 0 Å². The van der Waals surface area contributed by atoms with Crippen molar-refractivity contribution in [3.63, 3.8) is 0 Å². The minimum atomic E-state index is -1.13. The largest absolute Gasteiger partial charge is 0.508 e. The van der Waals surface area contributed by atoms with Crippen LogP contribution in [0.1, 0.15) is 16.3 Å². The van der Waals surface area contributed by atoms with Gasteiger partial charge < -0.3 is 19.4 Å². The Bertz CT molecular complexity index is 547. The van der Waals surface area contributed by atoms with Gasteiger partial charge in [-0.25, -0.2) is 9.78 Å². The van der Waals surface area contributed by atoms with Crippen molar-refractivity contribution >= 4 is 11.5 Å². The first kappa shape index (κ1) is 10.4. The van der Waals surface area contributed by atoms with Crippen molar-refractivity contribution in [3.05, 3.63) is 29.8 Å². The average molecular weight is 222 g/mol. The van der Waals surface area contributed by atoms with Crippen LogP contribution in [0.15, 0.2) is 18.3 Å². The third-order valence-electron chi connectivity index (χ3n) is 2.18. The van der Waals surface area contributed by atoms with E-state index in [1.165, 1.54) is 19.2 Å². The second-order valence-electron chi connectivity index (χ2n) is 3.25. The molecule has 0 spiro atoms. The summed E-state index contributed by atoms with van der Waals surface area (Å²) in [7, 11) is 1.50. The first-order chi connectivity index (χ1) is 7.63. The van der Waals surface area contributed by atoms with Crippen molar-refractivity contribution in [2.24, 2.45) is 0 Å². The molecule has 0 aliphatic heterocycles. The zero-order valence-electron chi connectivity index (χ0n) is 8.54. The minimum Gasteiger partial charge on any atom is -0.508 e. The maximum absolute atomic E-state index is 10.9. The molecule has 84 valence electrons. The van der Waals surface area contributed by atoms with E-state index in [0.717, 1.165) is 0 Å². The number of rotatable bonds is 3. The Morgan fingerprint density at radius 3 is 3.00 bits per heavy atom. The van der Waals surface area contributed by atoms with Crippen LogP contribution >= 0.6 is 0 Å². The van der Waals surface area contributed by atoms with E-state index in [2.05, 4.69) is 4.98 Å². The van der Waals surface area contributed by atoms with Gasteiger partial charge in [-0.15, -0.1) is 0 Å². The lowest BCUT2D eigenvalue weighted by molar-refractivity contribution is 0.0692. The first-order valence-corrected chi connectivity index (χ1v) is 4.55. The molecular formula is C10H10N2O4. The highest BCUT2D eigenvalue weighted by atomic mass is 16.5. The molecule has 0 unspecified atom stereocenters. The predicted octanol–water partition coefficient (Wildman–Crippen LogP) is 0.884. The Labute approximate surface area is 90.7 Å². The van der Waals surface area contributed by atoms with Gasteiger partial charge >= 0.3 is 5.97 Å². The zero-order valence-corrected chi connectivity index (χ0v) is 8.54. The Hall–Kier alpha value is -2.08. The zero-order chi connectivity index (χ0) is 11.7. The van der Waals surface area contributed by atoms with Crippen molar-refractivity contribution < 1.29 is 19.7 Å². The summed E-state index contributed by atoms with van der Waals surface area (Å²) in [6, 6.07) is 2.81. The number of aromatic hydroxyl groups is 1. The Morgan fingerprint density at radius 1 is 1.62 bits per heavy atom. The molecule has 0 amide bonds. The Balaban J connectivity index is 2.71. The lowest BCUT2D eigenvalue weighted by Gasteiger charge is -1.99. The molecule has 0 fully saturated rings. The topological polar surface area (TPSA) is 84.1 Å². The number of carboxylic acids is 1. The smallest absolute Gasteiger partial charge is 0.356 e. The second kappa shape index (κ2) is 3.82. The summed E-state index contributed by atoms with van der Waals surface area (Å²) < 4.78 is 6.50. The number of hydrogen-bond donors (Lipinski definition) is 2. The standard InChI is InChI=1S/C10H10N2O4/c1-16-5-8-11-9(10(14)15)7-4-6(13)2-3-12(7)8/h2-4,13H,5H2,1H3,(H,14,15). The molecule has 0 radical (unpaired) electrons. The van der Waals surface area contributed by atoms with Crippen molar-refractivity contribution in [1.29, 1.82) is 0 Å². The summed E-state index contributed by atoms with van der Waals surface area (Å²) in [6.45, 7) is 0.208. The number of imidazole rings is 1. The molecule has 16 heavy (non-hydrogen) atoms. The molecule has 0 atom stereocenters. The number of fused-ring (bicyclic) bond motifs is 1. The SMILES string of the molecule is COCc1nc(C(=O)O)c2cc(O)ccn12. The third-order valence-corrected chi connectivity index (χ3v) is 2.18. The highest BCUT2D eigenvalue weighted by Gasteiger charge is 2.16. The van der Waals surface area contributed by atoms with E-state index in [0.29, 0.717) is 11.3 Å². The van der Waals surface area contributed by atoms with Crippen LogP contribution in [0.5, 0.6) is 5.75 Å². The highest BCUT2D eigenvalue weighted by Crippen LogP contribution is 2.19. The lowest BCUT2D eigenvalue weighted by Crippen LogP contribution is -1.97. The molecule has 0 saturated carbocycles. The van der Waals surface area contributed by atoms with Crippen LogP contribution in [0.4, 0.5) is 0 Å². The van der Waals surface area contributed by atoms with Gasteiger partial charge in [-0.3, -0.25) is 0 Å². The fourth-order valence-electron chi connectivity index (χ4n) is 1.52. The number of pyridine rings is 1. The van der Waals surface area contributed by atoms with Gasteiger partial charge in [0.25, 0.3) is 0 Å². The molecule has 0 bridgehead atoms. The number of nitrogens with zero attached hydrogens (tertiary/aromatic N) is 2. The number of carbonyl (C=O) groups is 1. The molecule has 0 aliphatic rings. The van der Waals surface area contributed by atoms with Crippen LogP contribution in [-0.4, -0.2) is 32.7 Å². The van der Waals surface area contributed by atoms with Gasteiger partial charge in [0.1, 0.15) is 18.2 Å². The summed E-state index contributed by atoms with van der Waals surface area (Å²) in [6.07, 6.45) is 1.55. The molecule has 2 rings (SSSR count). The van der Waals surface area contributed by atoms with Crippen molar-refractivity contribution in [2.45, 2.75) is 6.61 Å². The molecule has 6 heteroatoms. The van der Waals surface area contributed by atoms with E-state index in [9.17, 15) is 9.90 Å². The van der Waals surface area contributed by atoms with Crippen molar-refractivity contribution in [2.75, 3.05) is 7.11 Å². The van der Waals surface area contributed by atoms with Gasteiger partial charge in [-0.2, -0.15) is 0 Å². The average Bonchev–Trinajstić information content (AvgIpc) is 2.57. The summed E-state index contributed by atoms with van der Waals surface area (Å²) >= 11 is 0. The van der Waals surface area contributed by atoms with Crippen LogP contribution in [-0.2, 0) is 11.3 Å². The van der Waals surface area contributed by atoms with Crippen LogP contribution in [0.25, 0.3) is 5.52 Å². The normalized spacial score (nSPS) is 10.8. The van der Waals surface area contributed by atoms with Crippen LogP contribution in [0, 0.1) is 0 Å². The summed E-state index contributed by atoms with van der Waals surface area (Å²) in [4.78, 5) is 14.9. The summed E-state index contributed by atoms with van der Waals surface area (Å²) in [5.41, 5.74) is 0.252. The molecule has 6 nitrogen and oxygen atoms in total. The molecule has 2 aromatic rings. The van der Waals surface area contributed by atoms with Gasteiger partial charge in [-0.1, -0.05) is 0 Å². The molecule has 2 aromatic heterocycles. The fraction of sp³-hybridized carbons (Fsp3) is 0.200. The van der Waals surface area contributed by atoms with Gasteiger partial charge in [-0.05, 0) is 6.07 Å². The first-order valence-electron chi connectivity index (χ1n) is 4.55. The summed E-state index contributed by atoms with van der Waals surface area (Å²) in [5.74, 6) is -0.654. The molecule has 0 aliphatic carbocycles. The molecule has 2 heterocycles. The molecular weight excluding hydrogens is 212 g/mol. The molecule has 2 N–H and O–H groups in total. The molecule has 0 saturated heterocycles. The summed E-state index contributed by atoms with van der Waals surface area (Å²) in [5, 5.41) is 18.3. The van der Waals surface area contributed by atoms with Crippen molar-refractivity contribution in [3.8, 4) is 5.75 Å². The van der Waals surface area contributed by atoms with Gasteiger partial charge in [0.15, 0.2) is 5.69 Å². The maximum Gasteiger partial charge on any atom is 0.356 e. The monoisotopic (exact) mass is 222 g/mol. The highest BCUT2D eigenvalue weighted by molar-refractivity contribution is 5.93. The quantitative estimate of drug-likeness (QED) is 0.805. The van der Waals surface area contributed by atoms with E-state index in [-0.39, 0.29) is 18.1 Å². The number of methoxy groups -OCH3 is 1. The minimum absolute atomic E-state index is 0.00105. The van der Waals surface area contributed by atoms with E-state index < -0.39 is 5.97 Å². The van der Waals surface area contributed by atoms with E-state index in [4.69, 9.17) is 9.84 Å². The van der Waals surface area contributed by atoms with E-state index in [1.54, 1.807) is 10.6 Å². The fourth-order valence-corrected chi connectivity index (χ4v) is 1.52. The maximum atomic E-state index is 10.9. The third kappa shape index (κ3) is 1.59. The lowest BCUT2D eigenvalue weighted by atomic mass is 10.3. The van der Waals surface area contributed by atoms with E-state index in [1.807, 2.05) is 0 Å².